The summed E-state index contributed by atoms with van der Waals surface area (Å²) in [4.78, 5) is 14.9. The van der Waals surface area contributed by atoms with Gasteiger partial charge in [-0.05, 0) is 24.3 Å². The van der Waals surface area contributed by atoms with Crippen LogP contribution in [0.15, 0.2) is 30.3 Å². The fourth-order valence-electron chi connectivity index (χ4n) is 4.28. The molecule has 1 amide bonds. The smallest absolute Gasteiger partial charge is 0.223 e. The van der Waals surface area contributed by atoms with Crippen molar-refractivity contribution in [3.63, 3.8) is 0 Å². The van der Waals surface area contributed by atoms with Crippen molar-refractivity contribution < 1.29 is 9.53 Å². The highest BCUT2D eigenvalue weighted by Crippen LogP contribution is 2.32. The Kier molecular flexibility index (Phi) is 5.94. The zero-order valence-corrected chi connectivity index (χ0v) is 15.1. The third-order valence-electron chi connectivity index (χ3n) is 5.74. The molecule has 1 saturated heterocycles. The molecule has 132 valence electrons. The minimum Gasteiger partial charge on any atom is -0.367 e. The van der Waals surface area contributed by atoms with Crippen LogP contribution in [0.25, 0.3) is 0 Å². The second-order valence-electron chi connectivity index (χ2n) is 7.72. The maximum atomic E-state index is 12.8. The third-order valence-corrected chi connectivity index (χ3v) is 5.74. The molecular formula is C21H31NO2. The number of amides is 1. The predicted octanol–water partition coefficient (Wildman–Crippen LogP) is 4.58. The maximum Gasteiger partial charge on any atom is 0.223 e. The van der Waals surface area contributed by atoms with Gasteiger partial charge in [-0.25, -0.2) is 0 Å². The zero-order valence-electron chi connectivity index (χ0n) is 15.1. The van der Waals surface area contributed by atoms with E-state index in [4.69, 9.17) is 4.74 Å². The quantitative estimate of drug-likeness (QED) is 0.809. The topological polar surface area (TPSA) is 29.5 Å². The Bertz CT molecular complexity index is 524. The van der Waals surface area contributed by atoms with Crippen LogP contribution in [-0.4, -0.2) is 30.0 Å². The summed E-state index contributed by atoms with van der Waals surface area (Å²) in [5.74, 6) is 1.56. The Morgan fingerprint density at radius 3 is 2.58 bits per heavy atom. The lowest BCUT2D eigenvalue weighted by molar-refractivity contribution is -0.146. The van der Waals surface area contributed by atoms with Gasteiger partial charge in [0.25, 0.3) is 0 Å². The molecule has 1 heterocycles. The van der Waals surface area contributed by atoms with E-state index in [9.17, 15) is 4.79 Å². The van der Waals surface area contributed by atoms with Crippen LogP contribution in [0.5, 0.6) is 0 Å². The van der Waals surface area contributed by atoms with Crippen LogP contribution in [0.1, 0.15) is 64.0 Å². The van der Waals surface area contributed by atoms with Crippen molar-refractivity contribution in [2.75, 3.05) is 13.1 Å². The van der Waals surface area contributed by atoms with Crippen LogP contribution in [-0.2, 0) is 9.53 Å². The van der Waals surface area contributed by atoms with E-state index >= 15 is 0 Å². The lowest BCUT2D eigenvalue weighted by Crippen LogP contribution is -2.46. The minimum absolute atomic E-state index is 0.00360. The largest absolute Gasteiger partial charge is 0.367 e. The molecule has 3 unspecified atom stereocenters. The van der Waals surface area contributed by atoms with Gasteiger partial charge in [0.2, 0.25) is 5.91 Å². The monoisotopic (exact) mass is 329 g/mol. The number of hydrogen-bond acceptors (Lipinski definition) is 2. The number of carbonyl (C=O) groups is 1. The summed E-state index contributed by atoms with van der Waals surface area (Å²) in [6.07, 6.45) is 7.46. The first-order valence-electron chi connectivity index (χ1n) is 9.61. The van der Waals surface area contributed by atoms with Gasteiger partial charge in [-0.3, -0.25) is 4.79 Å². The van der Waals surface area contributed by atoms with Crippen LogP contribution in [0.3, 0.4) is 0 Å². The fraction of sp³-hybridized carbons (Fsp3) is 0.667. The first-order valence-corrected chi connectivity index (χ1v) is 9.61. The van der Waals surface area contributed by atoms with Gasteiger partial charge in [-0.2, -0.15) is 0 Å². The van der Waals surface area contributed by atoms with Gasteiger partial charge in [0.05, 0.1) is 12.6 Å². The third kappa shape index (κ3) is 4.38. The molecule has 1 aliphatic carbocycles. The molecule has 1 saturated carbocycles. The van der Waals surface area contributed by atoms with Crippen LogP contribution in [0, 0.1) is 11.8 Å². The first-order chi connectivity index (χ1) is 11.6. The normalized spacial score (nSPS) is 27.0. The molecule has 2 fully saturated rings. The average Bonchev–Trinajstić information content (AvgIpc) is 2.62. The fourth-order valence-corrected chi connectivity index (χ4v) is 4.28. The summed E-state index contributed by atoms with van der Waals surface area (Å²) in [6, 6.07) is 10.3. The molecule has 2 aliphatic rings. The summed E-state index contributed by atoms with van der Waals surface area (Å²) < 4.78 is 6.08. The summed E-state index contributed by atoms with van der Waals surface area (Å²) in [5.41, 5.74) is 1.17. The number of nitrogens with zero attached hydrogens (tertiary/aromatic N) is 1. The second-order valence-corrected chi connectivity index (χ2v) is 7.72. The van der Waals surface area contributed by atoms with E-state index in [-0.39, 0.29) is 12.2 Å². The van der Waals surface area contributed by atoms with Gasteiger partial charge in [0.1, 0.15) is 6.10 Å². The number of rotatable bonds is 4. The molecule has 0 spiro atoms. The Labute approximate surface area is 146 Å². The Morgan fingerprint density at radius 2 is 1.88 bits per heavy atom. The van der Waals surface area contributed by atoms with E-state index in [1.54, 1.807) is 0 Å². The minimum atomic E-state index is 0.00360. The molecule has 1 aromatic carbocycles. The molecule has 3 atom stereocenters. The van der Waals surface area contributed by atoms with E-state index in [2.05, 4.69) is 26.0 Å². The number of hydrogen-bond donors (Lipinski definition) is 0. The SMILES string of the molecule is CC1CN(C(=O)CC(C)C2CCCCC2)CC(c2ccccc2)O1. The van der Waals surface area contributed by atoms with Gasteiger partial charge in [-0.15, -0.1) is 0 Å². The van der Waals surface area contributed by atoms with Crippen molar-refractivity contribution in [2.45, 2.75) is 64.6 Å². The van der Waals surface area contributed by atoms with Crippen molar-refractivity contribution in [2.24, 2.45) is 11.8 Å². The highest BCUT2D eigenvalue weighted by molar-refractivity contribution is 5.76. The molecule has 0 aromatic heterocycles. The zero-order chi connectivity index (χ0) is 16.9. The molecule has 3 heteroatoms. The molecular weight excluding hydrogens is 298 g/mol. The molecule has 24 heavy (non-hydrogen) atoms. The van der Waals surface area contributed by atoms with Crippen molar-refractivity contribution in [3.8, 4) is 0 Å². The van der Waals surface area contributed by atoms with Gasteiger partial charge < -0.3 is 9.64 Å². The maximum absolute atomic E-state index is 12.8. The standard InChI is InChI=1S/C21H31NO2/c1-16(18-9-5-3-6-10-18)13-21(23)22-14-17(2)24-20(15-22)19-11-7-4-8-12-19/h4,7-8,11-12,16-18,20H,3,5-6,9-10,13-15H2,1-2H3. The Hall–Kier alpha value is -1.35. The molecule has 3 nitrogen and oxygen atoms in total. The molecule has 0 bridgehead atoms. The lowest BCUT2D eigenvalue weighted by Gasteiger charge is -2.38. The number of ether oxygens (including phenoxy) is 1. The first kappa shape index (κ1) is 17.5. The molecule has 3 rings (SSSR count). The number of benzene rings is 1. The van der Waals surface area contributed by atoms with E-state index in [0.717, 1.165) is 12.5 Å². The van der Waals surface area contributed by atoms with Crippen LogP contribution >= 0.6 is 0 Å². The number of morpholine rings is 1. The molecule has 0 radical (unpaired) electrons. The van der Waals surface area contributed by atoms with Crippen molar-refractivity contribution in [1.82, 2.24) is 4.90 Å². The van der Waals surface area contributed by atoms with Gasteiger partial charge in [0, 0.05) is 13.0 Å². The molecule has 1 aromatic rings. The highest BCUT2D eigenvalue weighted by atomic mass is 16.5. The summed E-state index contributed by atoms with van der Waals surface area (Å²) in [7, 11) is 0. The van der Waals surface area contributed by atoms with Crippen molar-refractivity contribution in [3.05, 3.63) is 35.9 Å². The van der Waals surface area contributed by atoms with Crippen LogP contribution in [0.2, 0.25) is 0 Å². The van der Waals surface area contributed by atoms with E-state index in [1.807, 2.05) is 23.1 Å². The summed E-state index contributed by atoms with van der Waals surface area (Å²) in [6.45, 7) is 5.75. The van der Waals surface area contributed by atoms with Gasteiger partial charge in [-0.1, -0.05) is 69.4 Å². The second kappa shape index (κ2) is 8.15. The number of carbonyl (C=O) groups excluding carboxylic acids is 1. The van der Waals surface area contributed by atoms with E-state index in [0.29, 0.717) is 24.8 Å². The summed E-state index contributed by atoms with van der Waals surface area (Å²) >= 11 is 0. The Balaban J connectivity index is 1.59. The predicted molar refractivity (Wildman–Crippen MR) is 96.7 cm³/mol. The lowest BCUT2D eigenvalue weighted by atomic mass is 9.79. The van der Waals surface area contributed by atoms with Crippen LogP contribution < -0.4 is 0 Å². The highest BCUT2D eigenvalue weighted by Gasteiger charge is 2.31. The van der Waals surface area contributed by atoms with E-state index < -0.39 is 0 Å². The molecule has 0 N–H and O–H groups in total. The van der Waals surface area contributed by atoms with Gasteiger partial charge >= 0.3 is 0 Å². The van der Waals surface area contributed by atoms with Crippen molar-refractivity contribution in [1.29, 1.82) is 0 Å². The average molecular weight is 329 g/mol. The summed E-state index contributed by atoms with van der Waals surface area (Å²) in [5, 5.41) is 0. The Morgan fingerprint density at radius 1 is 1.17 bits per heavy atom. The molecule has 1 aliphatic heterocycles. The van der Waals surface area contributed by atoms with Crippen molar-refractivity contribution >= 4 is 5.91 Å². The van der Waals surface area contributed by atoms with Crippen LogP contribution in [0.4, 0.5) is 0 Å². The van der Waals surface area contributed by atoms with E-state index in [1.165, 1.54) is 37.7 Å². The van der Waals surface area contributed by atoms with Gasteiger partial charge in [0.15, 0.2) is 0 Å².